The van der Waals surface area contributed by atoms with Gasteiger partial charge in [-0.2, -0.15) is 0 Å². The summed E-state index contributed by atoms with van der Waals surface area (Å²) in [4.78, 5) is 11.5. The summed E-state index contributed by atoms with van der Waals surface area (Å²) in [5, 5.41) is 0. The number of esters is 1. The Kier molecular flexibility index (Phi) is 1.25. The molecule has 0 saturated heterocycles. The van der Waals surface area contributed by atoms with Crippen LogP contribution in [0.5, 0.6) is 0 Å². The van der Waals surface area contributed by atoms with Crippen LogP contribution in [0.2, 0.25) is 0 Å². The number of fused-ring (bicyclic) bond motifs is 2. The zero-order valence-corrected chi connectivity index (χ0v) is 9.63. The molecule has 5 aliphatic carbocycles. The maximum Gasteiger partial charge on any atom is 0.305 e. The third-order valence-electron chi connectivity index (χ3n) is 7.11. The van der Waals surface area contributed by atoms with Gasteiger partial charge < -0.3 is 4.74 Å². The fourth-order valence-electron chi connectivity index (χ4n) is 7.22. The lowest BCUT2D eigenvalue weighted by molar-refractivity contribution is -0.143. The first-order chi connectivity index (χ1) is 7.81. The van der Waals surface area contributed by atoms with Crippen molar-refractivity contribution in [3.8, 4) is 0 Å². The van der Waals surface area contributed by atoms with Crippen LogP contribution in [0.25, 0.3) is 0 Å². The van der Waals surface area contributed by atoms with Crippen LogP contribution in [0, 0.1) is 53.3 Å². The van der Waals surface area contributed by atoms with Crippen LogP contribution in [-0.4, -0.2) is 13.1 Å². The normalized spacial score (nSPS) is 66.4. The molecule has 5 rings (SSSR count). The summed E-state index contributed by atoms with van der Waals surface area (Å²) in [5.41, 5.74) is 0. The molecule has 0 aliphatic heterocycles. The lowest BCUT2D eigenvalue weighted by atomic mass is 9.57. The van der Waals surface area contributed by atoms with Crippen LogP contribution in [-0.2, 0) is 9.53 Å². The van der Waals surface area contributed by atoms with Gasteiger partial charge in [-0.05, 0) is 66.1 Å². The third kappa shape index (κ3) is 0.634. The van der Waals surface area contributed by atoms with Gasteiger partial charge in [0, 0.05) is 6.42 Å². The van der Waals surface area contributed by atoms with Crippen LogP contribution in [0.15, 0.2) is 0 Å². The molecular formula is C14H18O2. The fourth-order valence-corrected chi connectivity index (χ4v) is 7.22. The molecule has 0 aromatic carbocycles. The van der Waals surface area contributed by atoms with E-state index in [1.807, 2.05) is 0 Å². The van der Waals surface area contributed by atoms with Crippen LogP contribution >= 0.6 is 0 Å². The Morgan fingerprint density at radius 2 is 1.69 bits per heavy atom. The average Bonchev–Trinajstić information content (AvgIpc) is 2.77. The largest absolute Gasteiger partial charge is 0.469 e. The molecule has 0 heterocycles. The third-order valence-corrected chi connectivity index (χ3v) is 7.11. The second kappa shape index (κ2) is 2.34. The molecule has 0 aromatic heterocycles. The Morgan fingerprint density at radius 1 is 1.00 bits per heavy atom. The van der Waals surface area contributed by atoms with Gasteiger partial charge in [0.05, 0.1) is 7.11 Å². The summed E-state index contributed by atoms with van der Waals surface area (Å²) >= 11 is 0. The molecule has 2 bridgehead atoms. The molecule has 0 N–H and O–H groups in total. The zero-order valence-electron chi connectivity index (χ0n) is 9.63. The van der Waals surface area contributed by atoms with Crippen LogP contribution < -0.4 is 0 Å². The highest BCUT2D eigenvalue weighted by molar-refractivity contribution is 5.69. The zero-order chi connectivity index (χ0) is 10.6. The first-order valence-corrected chi connectivity index (χ1v) is 6.88. The number of methoxy groups -OCH3 is 1. The molecule has 0 radical (unpaired) electrons. The summed E-state index contributed by atoms with van der Waals surface area (Å²) in [6.45, 7) is 0. The predicted molar refractivity (Wildman–Crippen MR) is 57.3 cm³/mol. The van der Waals surface area contributed by atoms with E-state index in [0.717, 1.165) is 59.7 Å². The number of rotatable bonds is 2. The second-order valence-corrected chi connectivity index (χ2v) is 6.88. The quantitative estimate of drug-likeness (QED) is 0.662. The molecule has 0 spiro atoms. The van der Waals surface area contributed by atoms with Crippen LogP contribution in [0.1, 0.15) is 19.3 Å². The van der Waals surface area contributed by atoms with Gasteiger partial charge in [0.15, 0.2) is 0 Å². The maximum absolute atomic E-state index is 11.5. The Bertz CT molecular complexity index is 384. The van der Waals surface area contributed by atoms with E-state index in [4.69, 9.17) is 4.74 Å². The Morgan fingerprint density at radius 3 is 2.44 bits per heavy atom. The molecule has 0 aromatic rings. The van der Waals surface area contributed by atoms with Crippen LogP contribution in [0.3, 0.4) is 0 Å². The lowest BCUT2D eigenvalue weighted by Crippen LogP contribution is -2.44. The molecule has 16 heavy (non-hydrogen) atoms. The van der Waals surface area contributed by atoms with Gasteiger partial charge in [-0.3, -0.25) is 4.79 Å². The van der Waals surface area contributed by atoms with E-state index in [9.17, 15) is 4.79 Å². The summed E-state index contributed by atoms with van der Waals surface area (Å²) < 4.78 is 4.89. The van der Waals surface area contributed by atoms with Crippen molar-refractivity contribution in [1.29, 1.82) is 0 Å². The van der Waals surface area contributed by atoms with Crippen molar-refractivity contribution in [1.82, 2.24) is 0 Å². The van der Waals surface area contributed by atoms with E-state index in [-0.39, 0.29) is 5.97 Å². The van der Waals surface area contributed by atoms with Gasteiger partial charge in [0.1, 0.15) is 0 Å². The first kappa shape index (κ1) is 8.54. The Hall–Kier alpha value is -0.530. The molecule has 0 amide bonds. The molecule has 86 valence electrons. The van der Waals surface area contributed by atoms with Gasteiger partial charge in [-0.25, -0.2) is 0 Å². The molecule has 2 heteroatoms. The number of hydrogen-bond acceptors (Lipinski definition) is 2. The second-order valence-electron chi connectivity index (χ2n) is 6.88. The smallest absolute Gasteiger partial charge is 0.305 e. The van der Waals surface area contributed by atoms with Gasteiger partial charge in [-0.1, -0.05) is 0 Å². The standard InChI is InChI=1S/C14H18O2/c1-16-10(15)4-9-11-5-2-8-12-6(5)3-7(11)14(12)13(8)9/h5-9,11-14H,2-4H2,1H3. The van der Waals surface area contributed by atoms with Crippen molar-refractivity contribution in [2.24, 2.45) is 53.3 Å². The topological polar surface area (TPSA) is 26.3 Å². The van der Waals surface area contributed by atoms with Crippen molar-refractivity contribution in [2.75, 3.05) is 7.11 Å². The summed E-state index contributed by atoms with van der Waals surface area (Å²) in [5.74, 6) is 8.93. The van der Waals surface area contributed by atoms with Crippen molar-refractivity contribution in [3.05, 3.63) is 0 Å². The van der Waals surface area contributed by atoms with E-state index in [2.05, 4.69) is 0 Å². The predicted octanol–water partition coefficient (Wildman–Crippen LogP) is 1.94. The molecule has 9 atom stereocenters. The highest BCUT2D eigenvalue weighted by atomic mass is 16.5. The fraction of sp³-hybridized carbons (Fsp3) is 0.929. The monoisotopic (exact) mass is 218 g/mol. The van der Waals surface area contributed by atoms with E-state index >= 15 is 0 Å². The number of ether oxygens (including phenoxy) is 1. The molecule has 5 saturated carbocycles. The molecule has 5 fully saturated rings. The highest BCUT2D eigenvalue weighted by Crippen LogP contribution is 2.84. The molecule has 9 unspecified atom stereocenters. The van der Waals surface area contributed by atoms with Gasteiger partial charge in [0.25, 0.3) is 0 Å². The summed E-state index contributed by atoms with van der Waals surface area (Å²) in [6, 6.07) is 0. The number of hydrogen-bond donors (Lipinski definition) is 0. The highest BCUT2D eigenvalue weighted by Gasteiger charge is 2.80. The Labute approximate surface area is 95.7 Å². The minimum absolute atomic E-state index is 0.0394. The van der Waals surface area contributed by atoms with E-state index < -0.39 is 0 Å². The van der Waals surface area contributed by atoms with Crippen molar-refractivity contribution >= 4 is 5.97 Å². The maximum atomic E-state index is 11.5. The van der Waals surface area contributed by atoms with Gasteiger partial charge in [0.2, 0.25) is 0 Å². The minimum atomic E-state index is 0.0394. The SMILES string of the molecule is COC(=O)CC1C2C3CC4C5C3CC2C5C14. The minimum Gasteiger partial charge on any atom is -0.469 e. The summed E-state index contributed by atoms with van der Waals surface area (Å²) in [7, 11) is 1.54. The van der Waals surface area contributed by atoms with Gasteiger partial charge >= 0.3 is 5.97 Å². The Balaban J connectivity index is 1.53. The van der Waals surface area contributed by atoms with E-state index in [0.29, 0.717) is 0 Å². The van der Waals surface area contributed by atoms with Crippen LogP contribution in [0.4, 0.5) is 0 Å². The molecule has 5 aliphatic rings. The molecular weight excluding hydrogens is 200 g/mol. The van der Waals surface area contributed by atoms with Crippen molar-refractivity contribution < 1.29 is 9.53 Å². The first-order valence-electron chi connectivity index (χ1n) is 6.88. The molecule has 2 nitrogen and oxygen atoms in total. The van der Waals surface area contributed by atoms with Gasteiger partial charge in [-0.15, -0.1) is 0 Å². The van der Waals surface area contributed by atoms with E-state index in [1.54, 1.807) is 0 Å². The number of carbonyl (C=O) groups excluding carboxylic acids is 1. The summed E-state index contributed by atoms with van der Waals surface area (Å²) in [6.07, 6.45) is 3.77. The van der Waals surface area contributed by atoms with Crippen molar-refractivity contribution in [2.45, 2.75) is 19.3 Å². The van der Waals surface area contributed by atoms with Crippen molar-refractivity contribution in [3.63, 3.8) is 0 Å². The van der Waals surface area contributed by atoms with E-state index in [1.165, 1.54) is 20.0 Å². The average molecular weight is 218 g/mol. The number of carbonyl (C=O) groups is 1. The lowest BCUT2D eigenvalue weighted by Gasteiger charge is -2.47.